The topological polar surface area (TPSA) is 73.9 Å². The number of rotatable bonds is 8. The third kappa shape index (κ3) is 6.14. The summed E-state index contributed by atoms with van der Waals surface area (Å²) in [7, 11) is 1.56. The van der Waals surface area contributed by atoms with Crippen molar-refractivity contribution in [1.82, 2.24) is 5.32 Å². The Morgan fingerprint density at radius 2 is 2.00 bits per heavy atom. The Bertz CT molecular complexity index is 620. The zero-order chi connectivity index (χ0) is 18.1. The standard InChI is InChI=1S/C19H25NO5/c1-3-24-16-10-8-14(12-17(16)23-2)9-11-19(22)25-13-18(21)20-15-6-4-5-7-15/h8-12,15H,3-7,13H2,1-2H3,(H,20,21)/b11-9+. The van der Waals surface area contributed by atoms with Crippen LogP contribution < -0.4 is 14.8 Å². The molecule has 2 rings (SSSR count). The quantitative estimate of drug-likeness (QED) is 0.578. The molecule has 1 aromatic carbocycles. The molecule has 1 N–H and O–H groups in total. The number of esters is 1. The first kappa shape index (κ1) is 18.8. The molecule has 0 spiro atoms. The molecule has 0 unspecified atom stereocenters. The van der Waals surface area contributed by atoms with Gasteiger partial charge in [-0.15, -0.1) is 0 Å². The fourth-order valence-corrected chi connectivity index (χ4v) is 2.75. The van der Waals surface area contributed by atoms with E-state index in [1.165, 1.54) is 6.08 Å². The Kier molecular flexibility index (Phi) is 7.32. The van der Waals surface area contributed by atoms with Crippen molar-refractivity contribution >= 4 is 18.0 Å². The largest absolute Gasteiger partial charge is 0.493 e. The number of ether oxygens (including phenoxy) is 3. The van der Waals surface area contributed by atoms with Crippen LogP contribution in [0.4, 0.5) is 0 Å². The number of methoxy groups -OCH3 is 1. The number of hydrogen-bond acceptors (Lipinski definition) is 5. The van der Waals surface area contributed by atoms with Crippen LogP contribution in [0.3, 0.4) is 0 Å². The summed E-state index contributed by atoms with van der Waals surface area (Å²) in [4.78, 5) is 23.5. The fourth-order valence-electron chi connectivity index (χ4n) is 2.75. The zero-order valence-electron chi connectivity index (χ0n) is 14.7. The van der Waals surface area contributed by atoms with Crippen LogP contribution in [0.15, 0.2) is 24.3 Å². The monoisotopic (exact) mass is 347 g/mol. The van der Waals surface area contributed by atoms with Gasteiger partial charge in [-0.05, 0) is 43.5 Å². The van der Waals surface area contributed by atoms with Gasteiger partial charge in [0, 0.05) is 12.1 Å². The maximum atomic E-state index is 11.7. The van der Waals surface area contributed by atoms with Crippen molar-refractivity contribution in [3.63, 3.8) is 0 Å². The Morgan fingerprint density at radius 3 is 2.68 bits per heavy atom. The molecule has 0 atom stereocenters. The second-order valence-electron chi connectivity index (χ2n) is 5.83. The predicted octanol–water partition coefficient (Wildman–Crippen LogP) is 2.71. The smallest absolute Gasteiger partial charge is 0.331 e. The maximum absolute atomic E-state index is 11.7. The van der Waals surface area contributed by atoms with E-state index in [0.717, 1.165) is 31.2 Å². The molecule has 1 saturated carbocycles. The van der Waals surface area contributed by atoms with Crippen LogP contribution in [0.2, 0.25) is 0 Å². The molecular formula is C19H25NO5. The van der Waals surface area contributed by atoms with E-state index in [1.807, 2.05) is 13.0 Å². The van der Waals surface area contributed by atoms with Crippen molar-refractivity contribution in [1.29, 1.82) is 0 Å². The molecule has 0 saturated heterocycles. The van der Waals surface area contributed by atoms with E-state index in [0.29, 0.717) is 18.1 Å². The first-order valence-electron chi connectivity index (χ1n) is 8.57. The van der Waals surface area contributed by atoms with Gasteiger partial charge in [0.25, 0.3) is 5.91 Å². The van der Waals surface area contributed by atoms with Crippen LogP contribution in [0.1, 0.15) is 38.2 Å². The Hall–Kier alpha value is -2.50. The van der Waals surface area contributed by atoms with Crippen molar-refractivity contribution in [2.75, 3.05) is 20.3 Å². The fraction of sp³-hybridized carbons (Fsp3) is 0.474. The number of carbonyl (C=O) groups excluding carboxylic acids is 2. The number of amides is 1. The van der Waals surface area contributed by atoms with Crippen molar-refractivity contribution in [2.24, 2.45) is 0 Å². The number of carbonyl (C=O) groups is 2. The zero-order valence-corrected chi connectivity index (χ0v) is 14.7. The lowest BCUT2D eigenvalue weighted by Crippen LogP contribution is -2.35. The van der Waals surface area contributed by atoms with Gasteiger partial charge in [0.2, 0.25) is 0 Å². The van der Waals surface area contributed by atoms with Crippen LogP contribution in [0.5, 0.6) is 11.5 Å². The highest BCUT2D eigenvalue weighted by atomic mass is 16.5. The highest BCUT2D eigenvalue weighted by molar-refractivity contribution is 5.89. The Balaban J connectivity index is 1.81. The number of nitrogens with one attached hydrogen (secondary N) is 1. The SMILES string of the molecule is CCOc1ccc(/C=C/C(=O)OCC(=O)NC2CCCC2)cc1OC. The molecule has 6 nitrogen and oxygen atoms in total. The number of benzene rings is 1. The second kappa shape index (κ2) is 9.71. The van der Waals surface area contributed by atoms with Gasteiger partial charge in [-0.25, -0.2) is 4.79 Å². The third-order valence-corrected chi connectivity index (χ3v) is 3.97. The van der Waals surface area contributed by atoms with E-state index < -0.39 is 5.97 Å². The molecule has 1 aliphatic rings. The molecule has 1 aliphatic carbocycles. The van der Waals surface area contributed by atoms with Crippen LogP contribution >= 0.6 is 0 Å². The minimum atomic E-state index is -0.561. The van der Waals surface area contributed by atoms with Gasteiger partial charge in [0.1, 0.15) is 0 Å². The number of hydrogen-bond donors (Lipinski definition) is 1. The van der Waals surface area contributed by atoms with E-state index in [-0.39, 0.29) is 18.6 Å². The summed E-state index contributed by atoms with van der Waals surface area (Å²) in [6.07, 6.45) is 7.17. The van der Waals surface area contributed by atoms with Crippen molar-refractivity contribution in [3.8, 4) is 11.5 Å². The molecule has 0 bridgehead atoms. The van der Waals surface area contributed by atoms with Crippen LogP contribution in [-0.4, -0.2) is 38.2 Å². The molecule has 6 heteroatoms. The van der Waals surface area contributed by atoms with E-state index in [1.54, 1.807) is 25.3 Å². The molecule has 25 heavy (non-hydrogen) atoms. The van der Waals surface area contributed by atoms with E-state index in [9.17, 15) is 9.59 Å². The van der Waals surface area contributed by atoms with Crippen molar-refractivity contribution < 1.29 is 23.8 Å². The average molecular weight is 347 g/mol. The maximum Gasteiger partial charge on any atom is 0.331 e. The summed E-state index contributed by atoms with van der Waals surface area (Å²) < 4.78 is 15.7. The molecular weight excluding hydrogens is 322 g/mol. The van der Waals surface area contributed by atoms with Gasteiger partial charge < -0.3 is 19.5 Å². The second-order valence-corrected chi connectivity index (χ2v) is 5.83. The summed E-state index contributed by atoms with van der Waals surface area (Å²) in [5.41, 5.74) is 0.771. The Labute approximate surface area is 148 Å². The minimum absolute atomic E-state index is 0.220. The summed E-state index contributed by atoms with van der Waals surface area (Å²) in [6.45, 7) is 2.18. The molecule has 0 heterocycles. The van der Waals surface area contributed by atoms with Gasteiger partial charge in [-0.3, -0.25) is 4.79 Å². The van der Waals surface area contributed by atoms with Gasteiger partial charge in [0.15, 0.2) is 18.1 Å². The van der Waals surface area contributed by atoms with Gasteiger partial charge in [-0.2, -0.15) is 0 Å². The highest BCUT2D eigenvalue weighted by Crippen LogP contribution is 2.28. The third-order valence-electron chi connectivity index (χ3n) is 3.97. The van der Waals surface area contributed by atoms with Gasteiger partial charge in [-0.1, -0.05) is 18.9 Å². The van der Waals surface area contributed by atoms with Crippen molar-refractivity contribution in [3.05, 3.63) is 29.8 Å². The molecule has 1 fully saturated rings. The predicted molar refractivity (Wildman–Crippen MR) is 94.6 cm³/mol. The molecule has 136 valence electrons. The van der Waals surface area contributed by atoms with E-state index in [4.69, 9.17) is 14.2 Å². The minimum Gasteiger partial charge on any atom is -0.493 e. The summed E-state index contributed by atoms with van der Waals surface area (Å²) in [5.74, 6) is 0.424. The lowest BCUT2D eigenvalue weighted by atomic mass is 10.2. The lowest BCUT2D eigenvalue weighted by Gasteiger charge is -2.11. The normalized spacial score (nSPS) is 14.5. The van der Waals surface area contributed by atoms with Crippen molar-refractivity contribution in [2.45, 2.75) is 38.6 Å². The summed E-state index contributed by atoms with van der Waals surface area (Å²) in [6, 6.07) is 5.58. The molecule has 0 aromatic heterocycles. The lowest BCUT2D eigenvalue weighted by molar-refractivity contribution is -0.144. The molecule has 1 aromatic rings. The summed E-state index contributed by atoms with van der Waals surface area (Å²) >= 11 is 0. The van der Waals surface area contributed by atoms with E-state index in [2.05, 4.69) is 5.32 Å². The summed E-state index contributed by atoms with van der Waals surface area (Å²) in [5, 5.41) is 2.87. The molecule has 0 aliphatic heterocycles. The molecule has 1 amide bonds. The van der Waals surface area contributed by atoms with Crippen LogP contribution in [-0.2, 0) is 14.3 Å². The highest BCUT2D eigenvalue weighted by Gasteiger charge is 2.17. The van der Waals surface area contributed by atoms with Gasteiger partial charge >= 0.3 is 5.97 Å². The van der Waals surface area contributed by atoms with Crippen LogP contribution in [0, 0.1) is 0 Å². The first-order valence-corrected chi connectivity index (χ1v) is 8.57. The Morgan fingerprint density at radius 1 is 1.24 bits per heavy atom. The first-order chi connectivity index (χ1) is 12.1. The molecule has 0 radical (unpaired) electrons. The van der Waals surface area contributed by atoms with Crippen LogP contribution in [0.25, 0.3) is 6.08 Å². The van der Waals surface area contributed by atoms with Gasteiger partial charge in [0.05, 0.1) is 13.7 Å². The average Bonchev–Trinajstić information content (AvgIpc) is 3.12. The van der Waals surface area contributed by atoms with E-state index >= 15 is 0 Å².